The molecule has 24 heavy (non-hydrogen) atoms. The molecule has 0 aliphatic carbocycles. The van der Waals surface area contributed by atoms with E-state index in [1.54, 1.807) is 0 Å². The van der Waals surface area contributed by atoms with Gasteiger partial charge in [-0.15, -0.1) is 11.3 Å². The van der Waals surface area contributed by atoms with Gasteiger partial charge in [-0.25, -0.2) is 4.98 Å². The number of thiazole rings is 1. The van der Waals surface area contributed by atoms with E-state index in [1.165, 1.54) is 11.3 Å². The Morgan fingerprint density at radius 1 is 1.25 bits per heavy atom. The summed E-state index contributed by atoms with van der Waals surface area (Å²) < 4.78 is 5.51. The summed E-state index contributed by atoms with van der Waals surface area (Å²) in [5.41, 5.74) is 9.28. The van der Waals surface area contributed by atoms with Crippen molar-refractivity contribution in [2.45, 2.75) is 6.92 Å². The number of ether oxygens (including phenoxy) is 1. The number of aryl methyl sites for hydroxylation is 1. The summed E-state index contributed by atoms with van der Waals surface area (Å²) in [6.07, 6.45) is 0. The van der Waals surface area contributed by atoms with Crippen LogP contribution < -0.4 is 15.8 Å². The summed E-state index contributed by atoms with van der Waals surface area (Å²) in [6.45, 7) is 1.93. The van der Waals surface area contributed by atoms with Crippen LogP contribution in [0.2, 0.25) is 0 Å². The van der Waals surface area contributed by atoms with E-state index in [2.05, 4.69) is 10.3 Å². The van der Waals surface area contributed by atoms with Gasteiger partial charge in [-0.1, -0.05) is 12.1 Å². The molecule has 0 atom stereocenters. The summed E-state index contributed by atoms with van der Waals surface area (Å²) in [4.78, 5) is 16.2. The van der Waals surface area contributed by atoms with Gasteiger partial charge in [0.2, 0.25) is 0 Å². The maximum Gasteiger partial charge on any atom is 0.262 e. The lowest BCUT2D eigenvalue weighted by Gasteiger charge is -2.08. The van der Waals surface area contributed by atoms with Crippen molar-refractivity contribution in [2.75, 3.05) is 17.7 Å². The fourth-order valence-corrected chi connectivity index (χ4v) is 2.78. The second-order valence-corrected chi connectivity index (χ2v) is 6.19. The number of nitrogens with zero attached hydrogens (tertiary/aromatic N) is 1. The molecule has 122 valence electrons. The number of benzene rings is 2. The summed E-state index contributed by atoms with van der Waals surface area (Å²) in [5.74, 6) is 0.429. The van der Waals surface area contributed by atoms with Crippen LogP contribution in [-0.4, -0.2) is 17.5 Å². The Hall–Kier alpha value is -2.86. The zero-order chi connectivity index (χ0) is 16.9. The Bertz CT molecular complexity index is 843. The molecule has 3 N–H and O–H groups in total. The highest BCUT2D eigenvalue weighted by Crippen LogP contribution is 2.25. The molecule has 1 aromatic heterocycles. The van der Waals surface area contributed by atoms with Crippen LogP contribution in [0, 0.1) is 6.92 Å². The number of nitrogens with two attached hydrogens (primary N) is 1. The third-order valence-electron chi connectivity index (χ3n) is 3.34. The summed E-state index contributed by atoms with van der Waals surface area (Å²) in [5, 5.41) is 5.25. The number of nitrogens with one attached hydrogen (secondary N) is 1. The second kappa shape index (κ2) is 7.14. The second-order valence-electron chi connectivity index (χ2n) is 5.30. The number of rotatable bonds is 5. The number of anilines is 2. The largest absolute Gasteiger partial charge is 0.484 e. The SMILES string of the molecule is Cc1cccc(NC(=O)COc2ccc(-c3csc(N)n3)cc2)c1. The van der Waals surface area contributed by atoms with Crippen molar-refractivity contribution in [3.8, 4) is 17.0 Å². The molecule has 6 heteroatoms. The lowest BCUT2D eigenvalue weighted by molar-refractivity contribution is -0.118. The Morgan fingerprint density at radius 3 is 2.71 bits per heavy atom. The highest BCUT2D eigenvalue weighted by molar-refractivity contribution is 7.13. The molecule has 0 aliphatic heterocycles. The van der Waals surface area contributed by atoms with Gasteiger partial charge in [-0.05, 0) is 48.9 Å². The zero-order valence-corrected chi connectivity index (χ0v) is 14.0. The first-order valence-electron chi connectivity index (χ1n) is 7.41. The van der Waals surface area contributed by atoms with Gasteiger partial charge in [0.25, 0.3) is 5.91 Å². The van der Waals surface area contributed by atoms with Gasteiger partial charge in [-0.3, -0.25) is 4.79 Å². The molecule has 0 saturated heterocycles. The number of hydrogen-bond donors (Lipinski definition) is 2. The maximum atomic E-state index is 11.9. The molecule has 3 aromatic rings. The van der Waals surface area contributed by atoms with Crippen molar-refractivity contribution in [1.29, 1.82) is 0 Å². The maximum absolute atomic E-state index is 11.9. The van der Waals surface area contributed by atoms with Crippen LogP contribution in [0.4, 0.5) is 10.8 Å². The lowest BCUT2D eigenvalue weighted by Crippen LogP contribution is -2.20. The van der Waals surface area contributed by atoms with Crippen molar-refractivity contribution in [3.63, 3.8) is 0 Å². The standard InChI is InChI=1S/C18H17N3O2S/c1-12-3-2-4-14(9-12)20-17(22)10-23-15-7-5-13(6-8-15)16-11-24-18(19)21-16/h2-9,11H,10H2,1H3,(H2,19,21)(H,20,22). The molecular formula is C18H17N3O2S. The number of carbonyl (C=O) groups is 1. The van der Waals surface area contributed by atoms with Gasteiger partial charge >= 0.3 is 0 Å². The van der Waals surface area contributed by atoms with E-state index in [1.807, 2.05) is 60.8 Å². The van der Waals surface area contributed by atoms with E-state index in [0.29, 0.717) is 10.9 Å². The van der Waals surface area contributed by atoms with Crippen molar-refractivity contribution in [1.82, 2.24) is 4.98 Å². The number of nitrogen functional groups attached to an aromatic ring is 1. The Kier molecular flexibility index (Phi) is 4.77. The summed E-state index contributed by atoms with van der Waals surface area (Å²) in [6, 6.07) is 15.0. The molecule has 0 saturated carbocycles. The smallest absolute Gasteiger partial charge is 0.262 e. The quantitative estimate of drug-likeness (QED) is 0.743. The number of amides is 1. The molecule has 0 spiro atoms. The number of hydrogen-bond acceptors (Lipinski definition) is 5. The monoisotopic (exact) mass is 339 g/mol. The van der Waals surface area contributed by atoms with Crippen molar-refractivity contribution in [2.24, 2.45) is 0 Å². The van der Waals surface area contributed by atoms with Crippen LogP contribution in [0.3, 0.4) is 0 Å². The van der Waals surface area contributed by atoms with Crippen molar-refractivity contribution >= 4 is 28.1 Å². The molecule has 0 aliphatic rings. The highest BCUT2D eigenvalue weighted by Gasteiger charge is 2.06. The fourth-order valence-electron chi connectivity index (χ4n) is 2.21. The molecule has 0 radical (unpaired) electrons. The van der Waals surface area contributed by atoms with Gasteiger partial charge in [0.1, 0.15) is 5.75 Å². The van der Waals surface area contributed by atoms with E-state index in [4.69, 9.17) is 10.5 Å². The Morgan fingerprint density at radius 2 is 2.04 bits per heavy atom. The number of aromatic nitrogens is 1. The van der Waals surface area contributed by atoms with E-state index in [9.17, 15) is 4.79 Å². The predicted octanol–water partition coefficient (Wildman–Crippen LogP) is 3.72. The summed E-state index contributed by atoms with van der Waals surface area (Å²) >= 11 is 1.40. The van der Waals surface area contributed by atoms with Crippen LogP contribution in [0.5, 0.6) is 5.75 Å². The molecule has 2 aromatic carbocycles. The first-order valence-corrected chi connectivity index (χ1v) is 8.29. The molecule has 0 bridgehead atoms. The minimum atomic E-state index is -0.197. The van der Waals surface area contributed by atoms with Gasteiger partial charge in [-0.2, -0.15) is 0 Å². The Balaban J connectivity index is 1.55. The minimum absolute atomic E-state index is 0.0447. The average Bonchev–Trinajstić information content (AvgIpc) is 3.00. The summed E-state index contributed by atoms with van der Waals surface area (Å²) in [7, 11) is 0. The van der Waals surface area contributed by atoms with Gasteiger partial charge in [0.05, 0.1) is 5.69 Å². The third kappa shape index (κ3) is 4.11. The molecule has 3 rings (SSSR count). The van der Waals surface area contributed by atoms with Crippen LogP contribution in [0.25, 0.3) is 11.3 Å². The molecule has 1 heterocycles. The van der Waals surface area contributed by atoms with E-state index in [0.717, 1.165) is 22.5 Å². The first kappa shape index (κ1) is 16.0. The van der Waals surface area contributed by atoms with Crippen LogP contribution in [0.15, 0.2) is 53.9 Å². The van der Waals surface area contributed by atoms with Gasteiger partial charge in [0.15, 0.2) is 11.7 Å². The van der Waals surface area contributed by atoms with Crippen LogP contribution in [-0.2, 0) is 4.79 Å². The van der Waals surface area contributed by atoms with E-state index >= 15 is 0 Å². The normalized spacial score (nSPS) is 10.4. The highest BCUT2D eigenvalue weighted by atomic mass is 32.1. The minimum Gasteiger partial charge on any atom is -0.484 e. The molecule has 0 fully saturated rings. The lowest BCUT2D eigenvalue weighted by atomic mass is 10.2. The molecule has 0 unspecified atom stereocenters. The van der Waals surface area contributed by atoms with E-state index in [-0.39, 0.29) is 12.5 Å². The van der Waals surface area contributed by atoms with Crippen LogP contribution in [0.1, 0.15) is 5.56 Å². The number of carbonyl (C=O) groups excluding carboxylic acids is 1. The van der Waals surface area contributed by atoms with Crippen molar-refractivity contribution < 1.29 is 9.53 Å². The molecule has 5 nitrogen and oxygen atoms in total. The Labute approximate surface area is 144 Å². The van der Waals surface area contributed by atoms with Gasteiger partial charge in [0, 0.05) is 16.6 Å². The van der Waals surface area contributed by atoms with Gasteiger partial charge < -0.3 is 15.8 Å². The third-order valence-corrected chi connectivity index (χ3v) is 4.02. The molecule has 1 amide bonds. The topological polar surface area (TPSA) is 77.2 Å². The van der Waals surface area contributed by atoms with E-state index < -0.39 is 0 Å². The fraction of sp³-hybridized carbons (Fsp3) is 0.111. The van der Waals surface area contributed by atoms with Crippen LogP contribution >= 0.6 is 11.3 Å². The average molecular weight is 339 g/mol. The predicted molar refractivity (Wildman–Crippen MR) is 97.3 cm³/mol. The molecular weight excluding hydrogens is 322 g/mol. The van der Waals surface area contributed by atoms with Crippen molar-refractivity contribution in [3.05, 3.63) is 59.5 Å². The first-order chi connectivity index (χ1) is 11.6. The zero-order valence-electron chi connectivity index (χ0n) is 13.2.